The smallest absolute Gasteiger partial charge is 0.323 e. The molecule has 1 fully saturated rings. The van der Waals surface area contributed by atoms with Gasteiger partial charge in [0, 0.05) is 12.1 Å². The number of methoxy groups -OCH3 is 1. The van der Waals surface area contributed by atoms with Crippen molar-refractivity contribution in [1.82, 2.24) is 4.90 Å². The van der Waals surface area contributed by atoms with Crippen molar-refractivity contribution in [3.05, 3.63) is 0 Å². The fourth-order valence-electron chi connectivity index (χ4n) is 2.38. The van der Waals surface area contributed by atoms with Crippen LogP contribution < -0.4 is 0 Å². The second-order valence-electron chi connectivity index (χ2n) is 5.24. The number of unbranched alkanes of at least 4 members (excludes halogenated alkanes) is 1. The molecule has 1 atom stereocenters. The summed E-state index contributed by atoms with van der Waals surface area (Å²) >= 11 is 0. The summed E-state index contributed by atoms with van der Waals surface area (Å²) in [6.07, 6.45) is 3.01. The van der Waals surface area contributed by atoms with E-state index in [9.17, 15) is 4.79 Å². The first-order valence-electron chi connectivity index (χ1n) is 6.45. The topological polar surface area (TPSA) is 38.8 Å². The molecule has 0 aliphatic carbocycles. The van der Waals surface area contributed by atoms with Gasteiger partial charge in [-0.05, 0) is 20.3 Å². The summed E-state index contributed by atoms with van der Waals surface area (Å²) < 4.78 is 10.4. The van der Waals surface area contributed by atoms with Crippen molar-refractivity contribution >= 4 is 5.97 Å². The highest BCUT2D eigenvalue weighted by Crippen LogP contribution is 2.24. The number of morpholine rings is 1. The van der Waals surface area contributed by atoms with E-state index in [0.717, 1.165) is 25.8 Å². The lowest BCUT2D eigenvalue weighted by Gasteiger charge is -2.45. The van der Waals surface area contributed by atoms with Gasteiger partial charge in [0.25, 0.3) is 0 Å². The van der Waals surface area contributed by atoms with Crippen LogP contribution in [0.1, 0.15) is 40.0 Å². The maximum atomic E-state index is 11.9. The molecule has 0 saturated carbocycles. The monoisotopic (exact) mass is 243 g/mol. The van der Waals surface area contributed by atoms with Crippen LogP contribution in [-0.4, -0.2) is 49.3 Å². The van der Waals surface area contributed by atoms with Gasteiger partial charge in [0.2, 0.25) is 0 Å². The van der Waals surface area contributed by atoms with Gasteiger partial charge < -0.3 is 9.47 Å². The van der Waals surface area contributed by atoms with Crippen LogP contribution in [0.2, 0.25) is 0 Å². The maximum absolute atomic E-state index is 11.9. The summed E-state index contributed by atoms with van der Waals surface area (Å²) in [6.45, 7) is 8.55. The normalized spacial score (nSPS) is 22.1. The molecule has 1 aliphatic rings. The van der Waals surface area contributed by atoms with E-state index in [1.807, 2.05) is 0 Å². The molecule has 0 aromatic carbocycles. The van der Waals surface area contributed by atoms with Crippen LogP contribution in [0.15, 0.2) is 0 Å². The summed E-state index contributed by atoms with van der Waals surface area (Å²) in [4.78, 5) is 14.1. The van der Waals surface area contributed by atoms with Crippen molar-refractivity contribution in [2.45, 2.75) is 51.6 Å². The van der Waals surface area contributed by atoms with E-state index in [0.29, 0.717) is 13.2 Å². The Kier molecular flexibility index (Phi) is 5.40. The summed E-state index contributed by atoms with van der Waals surface area (Å²) in [5.74, 6) is -0.117. The minimum atomic E-state index is -0.126. The third kappa shape index (κ3) is 3.68. The van der Waals surface area contributed by atoms with E-state index in [1.54, 1.807) is 0 Å². The Morgan fingerprint density at radius 3 is 2.76 bits per heavy atom. The van der Waals surface area contributed by atoms with E-state index in [1.165, 1.54) is 7.11 Å². The van der Waals surface area contributed by atoms with Crippen molar-refractivity contribution in [1.29, 1.82) is 0 Å². The second-order valence-corrected chi connectivity index (χ2v) is 5.24. The van der Waals surface area contributed by atoms with E-state index >= 15 is 0 Å². The van der Waals surface area contributed by atoms with Crippen molar-refractivity contribution in [3.8, 4) is 0 Å². The van der Waals surface area contributed by atoms with Gasteiger partial charge in [-0.2, -0.15) is 0 Å². The van der Waals surface area contributed by atoms with Crippen LogP contribution in [0.5, 0.6) is 0 Å². The number of ether oxygens (including phenoxy) is 2. The van der Waals surface area contributed by atoms with Crippen LogP contribution in [0.25, 0.3) is 0 Å². The zero-order valence-corrected chi connectivity index (χ0v) is 11.5. The third-order valence-electron chi connectivity index (χ3n) is 3.39. The lowest BCUT2D eigenvalue weighted by molar-refractivity contribution is -0.155. The number of esters is 1. The highest BCUT2D eigenvalue weighted by atomic mass is 16.5. The summed E-state index contributed by atoms with van der Waals surface area (Å²) in [7, 11) is 1.47. The summed E-state index contributed by atoms with van der Waals surface area (Å²) in [6, 6.07) is -0.126. The molecule has 17 heavy (non-hydrogen) atoms. The molecular weight excluding hydrogens is 218 g/mol. The lowest BCUT2D eigenvalue weighted by atomic mass is 9.97. The number of carbonyl (C=O) groups excluding carboxylic acids is 1. The molecule has 0 aromatic heterocycles. The van der Waals surface area contributed by atoms with E-state index in [4.69, 9.17) is 9.47 Å². The van der Waals surface area contributed by atoms with Gasteiger partial charge in [-0.1, -0.05) is 19.8 Å². The van der Waals surface area contributed by atoms with E-state index in [2.05, 4.69) is 25.7 Å². The number of rotatable bonds is 5. The zero-order chi connectivity index (χ0) is 12.9. The number of nitrogens with zero attached hydrogens (tertiary/aromatic N) is 1. The molecule has 0 aromatic rings. The molecule has 0 bridgehead atoms. The average molecular weight is 243 g/mol. The predicted octanol–water partition coefficient (Wildman–Crippen LogP) is 1.83. The molecule has 1 heterocycles. The first kappa shape index (κ1) is 14.5. The Bertz CT molecular complexity index is 253. The molecule has 0 N–H and O–H groups in total. The number of hydrogen-bond donors (Lipinski definition) is 0. The molecule has 4 heteroatoms. The van der Waals surface area contributed by atoms with Gasteiger partial charge >= 0.3 is 5.97 Å². The van der Waals surface area contributed by atoms with Gasteiger partial charge in [0.05, 0.1) is 20.3 Å². The fourth-order valence-corrected chi connectivity index (χ4v) is 2.38. The Balaban J connectivity index is 2.76. The summed E-state index contributed by atoms with van der Waals surface area (Å²) in [5.41, 5.74) is -0.0924. The van der Waals surface area contributed by atoms with Crippen molar-refractivity contribution in [2.24, 2.45) is 0 Å². The Morgan fingerprint density at radius 2 is 2.24 bits per heavy atom. The van der Waals surface area contributed by atoms with Gasteiger partial charge in [0.15, 0.2) is 0 Å². The lowest BCUT2D eigenvalue weighted by Crippen LogP contribution is -2.59. The molecule has 0 spiro atoms. The molecule has 1 unspecified atom stereocenters. The predicted molar refractivity (Wildman–Crippen MR) is 66.9 cm³/mol. The zero-order valence-electron chi connectivity index (χ0n) is 11.5. The Morgan fingerprint density at radius 1 is 1.53 bits per heavy atom. The molecule has 100 valence electrons. The van der Waals surface area contributed by atoms with Crippen molar-refractivity contribution in [3.63, 3.8) is 0 Å². The van der Waals surface area contributed by atoms with Crippen LogP contribution in [0.4, 0.5) is 0 Å². The molecule has 1 saturated heterocycles. The van der Waals surface area contributed by atoms with Crippen LogP contribution >= 0.6 is 0 Å². The SMILES string of the molecule is CCCCC(C(=O)OC)N1CCOCC1(C)C. The van der Waals surface area contributed by atoms with Crippen molar-refractivity contribution < 1.29 is 14.3 Å². The highest BCUT2D eigenvalue weighted by Gasteiger charge is 2.38. The maximum Gasteiger partial charge on any atom is 0.323 e. The van der Waals surface area contributed by atoms with Gasteiger partial charge in [0.1, 0.15) is 6.04 Å². The standard InChI is InChI=1S/C13H25NO3/c1-5-6-7-11(12(15)16-4)14-8-9-17-10-13(14,2)3/h11H,5-10H2,1-4H3. The Labute approximate surface area is 104 Å². The molecule has 0 amide bonds. The Hall–Kier alpha value is -0.610. The molecular formula is C13H25NO3. The molecule has 4 nitrogen and oxygen atoms in total. The molecule has 1 aliphatic heterocycles. The largest absolute Gasteiger partial charge is 0.468 e. The first-order chi connectivity index (χ1) is 8.03. The minimum Gasteiger partial charge on any atom is -0.468 e. The van der Waals surface area contributed by atoms with Gasteiger partial charge in [-0.3, -0.25) is 9.69 Å². The van der Waals surface area contributed by atoms with Crippen LogP contribution in [0, 0.1) is 0 Å². The summed E-state index contributed by atoms with van der Waals surface area (Å²) in [5, 5.41) is 0. The first-order valence-corrected chi connectivity index (χ1v) is 6.45. The second kappa shape index (κ2) is 6.36. The quantitative estimate of drug-likeness (QED) is 0.691. The van der Waals surface area contributed by atoms with E-state index < -0.39 is 0 Å². The van der Waals surface area contributed by atoms with Gasteiger partial charge in [-0.15, -0.1) is 0 Å². The fraction of sp³-hybridized carbons (Fsp3) is 0.923. The van der Waals surface area contributed by atoms with Crippen LogP contribution in [-0.2, 0) is 14.3 Å². The number of hydrogen-bond acceptors (Lipinski definition) is 4. The molecule has 1 rings (SSSR count). The average Bonchev–Trinajstić information content (AvgIpc) is 2.30. The van der Waals surface area contributed by atoms with Gasteiger partial charge in [-0.25, -0.2) is 0 Å². The number of carbonyl (C=O) groups is 1. The third-order valence-corrected chi connectivity index (χ3v) is 3.39. The molecule has 0 radical (unpaired) electrons. The van der Waals surface area contributed by atoms with E-state index in [-0.39, 0.29) is 17.6 Å². The van der Waals surface area contributed by atoms with Crippen LogP contribution in [0.3, 0.4) is 0 Å². The van der Waals surface area contributed by atoms with Crippen molar-refractivity contribution in [2.75, 3.05) is 26.9 Å². The highest BCUT2D eigenvalue weighted by molar-refractivity contribution is 5.75. The minimum absolute atomic E-state index is 0.0924.